The molecular formula is C18H25Cl2N5O. The number of benzene rings is 1. The largest absolute Gasteiger partial charge is 0.312 e. The van der Waals surface area contributed by atoms with Crippen LogP contribution in [0.4, 0.5) is 5.69 Å². The molecule has 0 spiro atoms. The van der Waals surface area contributed by atoms with Crippen LogP contribution >= 0.6 is 23.2 Å². The van der Waals surface area contributed by atoms with Gasteiger partial charge in [-0.3, -0.25) is 14.7 Å². The topological polar surface area (TPSA) is 51.2 Å². The number of hydrogen-bond donors (Lipinski definition) is 1. The van der Waals surface area contributed by atoms with E-state index in [9.17, 15) is 4.79 Å². The Balaban J connectivity index is 1.50. The first-order valence-corrected chi connectivity index (χ1v) is 9.66. The van der Waals surface area contributed by atoms with E-state index < -0.39 is 0 Å². The predicted molar refractivity (Wildman–Crippen MR) is 107 cm³/mol. The highest BCUT2D eigenvalue weighted by Gasteiger charge is 2.23. The summed E-state index contributed by atoms with van der Waals surface area (Å²) in [5, 5.41) is 10.3. The average Bonchev–Trinajstić information content (AvgIpc) is 3.06. The van der Waals surface area contributed by atoms with E-state index in [0.717, 1.165) is 31.6 Å². The first kappa shape index (κ1) is 19.4. The van der Waals surface area contributed by atoms with Crippen LogP contribution in [-0.4, -0.2) is 67.9 Å². The fourth-order valence-corrected chi connectivity index (χ4v) is 3.67. The molecular weight excluding hydrogens is 373 g/mol. The number of hydrazone groups is 1. The average molecular weight is 398 g/mol. The normalized spacial score (nSPS) is 19.1. The molecule has 1 N–H and O–H groups in total. The number of carbonyl (C=O) groups is 1. The second kappa shape index (κ2) is 8.57. The molecule has 0 bridgehead atoms. The lowest BCUT2D eigenvalue weighted by Gasteiger charge is -2.34. The number of carbonyl (C=O) groups excluding carboxylic acids is 1. The van der Waals surface area contributed by atoms with Crippen molar-refractivity contribution in [3.05, 3.63) is 28.2 Å². The monoisotopic (exact) mass is 397 g/mol. The van der Waals surface area contributed by atoms with Crippen molar-refractivity contribution in [2.45, 2.75) is 25.3 Å². The van der Waals surface area contributed by atoms with E-state index in [1.165, 1.54) is 0 Å². The molecule has 2 aliphatic heterocycles. The smallest absolute Gasteiger partial charge is 0.239 e. The van der Waals surface area contributed by atoms with Gasteiger partial charge < -0.3 is 10.2 Å². The summed E-state index contributed by atoms with van der Waals surface area (Å²) in [7, 11) is 4.23. The number of amidine groups is 1. The van der Waals surface area contributed by atoms with E-state index >= 15 is 0 Å². The lowest BCUT2D eigenvalue weighted by molar-refractivity contribution is -0.121. The van der Waals surface area contributed by atoms with Crippen LogP contribution in [0.25, 0.3) is 0 Å². The minimum atomic E-state index is 0.00282. The summed E-state index contributed by atoms with van der Waals surface area (Å²) in [6, 6.07) is 6.03. The van der Waals surface area contributed by atoms with Gasteiger partial charge in [-0.1, -0.05) is 23.2 Å². The van der Waals surface area contributed by atoms with Crippen LogP contribution in [-0.2, 0) is 4.79 Å². The Kier molecular flexibility index (Phi) is 6.40. The summed E-state index contributed by atoms with van der Waals surface area (Å²) < 4.78 is 0. The molecule has 0 radical (unpaired) electrons. The van der Waals surface area contributed by atoms with Gasteiger partial charge in [0, 0.05) is 32.1 Å². The number of nitrogens with one attached hydrogen (secondary N) is 1. The van der Waals surface area contributed by atoms with Crippen LogP contribution in [0.3, 0.4) is 0 Å². The van der Waals surface area contributed by atoms with Gasteiger partial charge in [0.1, 0.15) is 5.84 Å². The maximum absolute atomic E-state index is 12.3. The zero-order valence-electron chi connectivity index (χ0n) is 15.2. The van der Waals surface area contributed by atoms with Crippen molar-refractivity contribution in [2.75, 3.05) is 45.3 Å². The number of anilines is 1. The Morgan fingerprint density at radius 1 is 1.23 bits per heavy atom. The molecule has 0 atom stereocenters. The van der Waals surface area contributed by atoms with Gasteiger partial charge in [-0.2, -0.15) is 5.10 Å². The number of halogens is 2. The van der Waals surface area contributed by atoms with Gasteiger partial charge in [0.15, 0.2) is 0 Å². The molecule has 8 heteroatoms. The second-order valence-corrected chi connectivity index (χ2v) is 7.85. The van der Waals surface area contributed by atoms with Gasteiger partial charge in [-0.15, -0.1) is 0 Å². The molecule has 0 aromatic heterocycles. The molecule has 1 saturated heterocycles. The van der Waals surface area contributed by atoms with Crippen molar-refractivity contribution in [2.24, 2.45) is 5.10 Å². The van der Waals surface area contributed by atoms with Crippen molar-refractivity contribution >= 4 is 40.6 Å². The standard InChI is InChI=1S/C18H25Cl2N5O/c1-23(2)13-5-8-24(9-6-13)12-18(26)21-17-7-10-25(22-17)14-3-4-15(19)16(20)11-14/h3-4,11,13H,5-10,12H2,1-2H3,(H,21,22,26). The third-order valence-corrected chi connectivity index (χ3v) is 5.68. The van der Waals surface area contributed by atoms with Gasteiger partial charge in [-0.05, 0) is 45.1 Å². The van der Waals surface area contributed by atoms with Gasteiger partial charge in [0.05, 0.1) is 22.3 Å². The van der Waals surface area contributed by atoms with Gasteiger partial charge in [-0.25, -0.2) is 0 Å². The first-order valence-electron chi connectivity index (χ1n) is 8.91. The molecule has 2 heterocycles. The Bertz CT molecular complexity index is 686. The molecule has 26 heavy (non-hydrogen) atoms. The van der Waals surface area contributed by atoms with E-state index in [2.05, 4.69) is 34.3 Å². The van der Waals surface area contributed by atoms with Crippen molar-refractivity contribution < 1.29 is 4.79 Å². The van der Waals surface area contributed by atoms with Gasteiger partial charge in [0.25, 0.3) is 0 Å². The third kappa shape index (κ3) is 4.88. The zero-order valence-corrected chi connectivity index (χ0v) is 16.7. The van der Waals surface area contributed by atoms with Crippen LogP contribution in [0.2, 0.25) is 10.0 Å². The number of amides is 1. The summed E-state index contributed by atoms with van der Waals surface area (Å²) in [5.41, 5.74) is 0.870. The Morgan fingerprint density at radius 3 is 2.62 bits per heavy atom. The third-order valence-electron chi connectivity index (χ3n) is 4.94. The maximum atomic E-state index is 12.3. The minimum Gasteiger partial charge on any atom is -0.312 e. The number of likely N-dealkylation sites (tertiary alicyclic amines) is 1. The Morgan fingerprint density at radius 2 is 1.96 bits per heavy atom. The molecule has 2 aliphatic rings. The van der Waals surface area contributed by atoms with E-state index in [1.54, 1.807) is 12.1 Å². The van der Waals surface area contributed by atoms with Crippen LogP contribution in [0.15, 0.2) is 23.3 Å². The lowest BCUT2D eigenvalue weighted by atomic mass is 10.0. The number of piperidine rings is 1. The molecule has 0 unspecified atom stereocenters. The van der Waals surface area contributed by atoms with E-state index in [0.29, 0.717) is 41.4 Å². The van der Waals surface area contributed by atoms with Crippen molar-refractivity contribution in [1.29, 1.82) is 0 Å². The molecule has 1 aromatic rings. The summed E-state index contributed by atoms with van der Waals surface area (Å²) in [5.74, 6) is 0.701. The van der Waals surface area contributed by atoms with Crippen LogP contribution in [0.5, 0.6) is 0 Å². The maximum Gasteiger partial charge on any atom is 0.239 e. The summed E-state index contributed by atoms with van der Waals surface area (Å²) >= 11 is 12.0. The summed E-state index contributed by atoms with van der Waals surface area (Å²) in [6.45, 7) is 3.05. The summed E-state index contributed by atoms with van der Waals surface area (Å²) in [6.07, 6.45) is 2.91. The molecule has 1 amide bonds. The quantitative estimate of drug-likeness (QED) is 0.848. The molecule has 142 valence electrons. The highest BCUT2D eigenvalue weighted by Crippen LogP contribution is 2.28. The second-order valence-electron chi connectivity index (χ2n) is 7.04. The van der Waals surface area contributed by atoms with Crippen LogP contribution in [0, 0.1) is 0 Å². The highest BCUT2D eigenvalue weighted by molar-refractivity contribution is 6.42. The summed E-state index contributed by atoms with van der Waals surface area (Å²) in [4.78, 5) is 16.8. The number of nitrogens with zero attached hydrogens (tertiary/aromatic N) is 4. The van der Waals surface area contributed by atoms with Gasteiger partial charge in [0.2, 0.25) is 5.91 Å². The molecule has 6 nitrogen and oxygen atoms in total. The molecule has 0 saturated carbocycles. The SMILES string of the molecule is CN(C)C1CCN(CC(=O)NC2=NN(c3ccc(Cl)c(Cl)c3)CC2)CC1. The Labute approximate surface area is 164 Å². The molecule has 1 fully saturated rings. The van der Waals surface area contributed by atoms with E-state index in [4.69, 9.17) is 23.2 Å². The molecule has 1 aromatic carbocycles. The lowest BCUT2D eigenvalue weighted by Crippen LogP contribution is -2.46. The fourth-order valence-electron chi connectivity index (χ4n) is 3.37. The zero-order chi connectivity index (χ0) is 18.7. The van der Waals surface area contributed by atoms with Gasteiger partial charge >= 0.3 is 0 Å². The Hall–Kier alpha value is -1.34. The van der Waals surface area contributed by atoms with Crippen molar-refractivity contribution in [1.82, 2.24) is 15.1 Å². The minimum absolute atomic E-state index is 0.00282. The van der Waals surface area contributed by atoms with Crippen LogP contribution in [0.1, 0.15) is 19.3 Å². The number of hydrogen-bond acceptors (Lipinski definition) is 5. The first-order chi connectivity index (χ1) is 12.4. The highest BCUT2D eigenvalue weighted by atomic mass is 35.5. The van der Waals surface area contributed by atoms with E-state index in [-0.39, 0.29) is 5.91 Å². The molecule has 3 rings (SSSR count). The van der Waals surface area contributed by atoms with Crippen molar-refractivity contribution in [3.8, 4) is 0 Å². The molecule has 0 aliphatic carbocycles. The van der Waals surface area contributed by atoms with Crippen LogP contribution < -0.4 is 10.3 Å². The van der Waals surface area contributed by atoms with Crippen molar-refractivity contribution in [3.63, 3.8) is 0 Å². The predicted octanol–water partition coefficient (Wildman–Crippen LogP) is 2.66. The van der Waals surface area contributed by atoms with E-state index in [1.807, 2.05) is 11.1 Å². The fraction of sp³-hybridized carbons (Fsp3) is 0.556. The number of rotatable bonds is 4.